The molecule has 5 N–H and O–H groups in total. The van der Waals surface area contributed by atoms with Gasteiger partial charge in [-0.2, -0.15) is 0 Å². The Morgan fingerprint density at radius 3 is 2.67 bits per heavy atom. The lowest BCUT2D eigenvalue weighted by Gasteiger charge is -2.26. The van der Waals surface area contributed by atoms with Gasteiger partial charge < -0.3 is 30.4 Å². The number of benzene rings is 3. The summed E-state index contributed by atoms with van der Waals surface area (Å²) in [6.45, 7) is 2.03. The first-order valence-electron chi connectivity index (χ1n) is 12.1. The number of aromatic hydroxyl groups is 1. The molecule has 2 atom stereocenters. The van der Waals surface area contributed by atoms with E-state index in [1.165, 1.54) is 6.08 Å². The van der Waals surface area contributed by atoms with Gasteiger partial charge in [0.15, 0.2) is 11.5 Å². The number of nitrogen functional groups attached to an aromatic ring is 1. The molecule has 1 aliphatic rings. The van der Waals surface area contributed by atoms with E-state index in [2.05, 4.69) is 42.5 Å². The van der Waals surface area contributed by atoms with Gasteiger partial charge in [-0.05, 0) is 77.2 Å². The summed E-state index contributed by atoms with van der Waals surface area (Å²) in [6.07, 6.45) is 2.77. The molecule has 0 radical (unpaired) electrons. The van der Waals surface area contributed by atoms with E-state index in [4.69, 9.17) is 19.9 Å². The number of phenolic OH excluding ortho intramolecular Hbond substituents is 1. The van der Waals surface area contributed by atoms with Gasteiger partial charge in [0, 0.05) is 21.8 Å². The maximum Gasteiger partial charge on any atom is 0.412 e. The summed E-state index contributed by atoms with van der Waals surface area (Å²) in [6, 6.07) is 15.4. The van der Waals surface area contributed by atoms with Crippen molar-refractivity contribution in [1.29, 1.82) is 0 Å². The van der Waals surface area contributed by atoms with Crippen molar-refractivity contribution >= 4 is 60.9 Å². The molecule has 0 bridgehead atoms. The number of nitrogens with one attached hydrogen (secondary N) is 2. The van der Waals surface area contributed by atoms with Crippen LogP contribution in [0.25, 0.3) is 0 Å². The van der Waals surface area contributed by atoms with Gasteiger partial charge >= 0.3 is 6.09 Å². The Balaban J connectivity index is 1.43. The number of amides is 2. The summed E-state index contributed by atoms with van der Waals surface area (Å²) < 4.78 is 17.7. The van der Waals surface area contributed by atoms with E-state index in [-0.39, 0.29) is 24.4 Å². The zero-order chi connectivity index (χ0) is 27.9. The Morgan fingerprint density at radius 2 is 1.87 bits per heavy atom. The molecule has 4 rings (SSSR count). The van der Waals surface area contributed by atoms with Crippen molar-refractivity contribution in [2.75, 3.05) is 23.2 Å². The third kappa shape index (κ3) is 7.45. The van der Waals surface area contributed by atoms with Crippen LogP contribution in [-0.2, 0) is 9.53 Å². The molecule has 11 heteroatoms. The first-order chi connectivity index (χ1) is 18.7. The van der Waals surface area contributed by atoms with Crippen LogP contribution in [0.15, 0.2) is 75.7 Å². The summed E-state index contributed by atoms with van der Waals surface area (Å²) in [7, 11) is 0. The van der Waals surface area contributed by atoms with Crippen molar-refractivity contribution in [3.05, 3.63) is 81.3 Å². The molecule has 0 spiro atoms. The highest BCUT2D eigenvalue weighted by atomic mass is 79.9. The fourth-order valence-corrected chi connectivity index (χ4v) is 5.27. The van der Waals surface area contributed by atoms with E-state index in [0.29, 0.717) is 55.9 Å². The molecule has 0 unspecified atom stereocenters. The number of carbonyl (C=O) groups is 2. The molecule has 39 heavy (non-hydrogen) atoms. The Kier molecular flexibility index (Phi) is 9.36. The zero-order valence-electron chi connectivity index (χ0n) is 20.9. The summed E-state index contributed by atoms with van der Waals surface area (Å²) in [5, 5.41) is 16.2. The minimum absolute atomic E-state index is 0.0266. The fourth-order valence-electron chi connectivity index (χ4n) is 4.01. The van der Waals surface area contributed by atoms with Gasteiger partial charge in [-0.1, -0.05) is 41.1 Å². The number of fused-ring (bicyclic) bond motifs is 1. The summed E-state index contributed by atoms with van der Waals surface area (Å²) in [4.78, 5) is 25.2. The normalized spacial score (nSPS) is 13.6. The molecule has 0 aliphatic carbocycles. The molecule has 3 aromatic rings. The number of halogens is 2. The molecule has 204 valence electrons. The topological polar surface area (TPSA) is 132 Å². The van der Waals surface area contributed by atoms with Crippen molar-refractivity contribution in [3.8, 4) is 17.2 Å². The predicted octanol–water partition coefficient (Wildman–Crippen LogP) is 7.13. The van der Waals surface area contributed by atoms with Gasteiger partial charge in [0.25, 0.3) is 0 Å². The fraction of sp³-hybridized carbons (Fsp3) is 0.214. The second kappa shape index (κ2) is 12.9. The molecule has 0 saturated heterocycles. The SMILES string of the molecule is C[C@@H](CC/C=C/C(=O)Nc1ccccc1N)[C@H](OC(=O)Nc1ccc2c(c1)OCO2)c1cc(Br)cc(Br)c1O. The van der Waals surface area contributed by atoms with Crippen LogP contribution in [-0.4, -0.2) is 23.9 Å². The molecule has 9 nitrogen and oxygen atoms in total. The first kappa shape index (κ1) is 28.3. The largest absolute Gasteiger partial charge is 0.506 e. The van der Waals surface area contributed by atoms with Crippen LogP contribution in [0, 0.1) is 5.92 Å². The summed E-state index contributed by atoms with van der Waals surface area (Å²) >= 11 is 6.79. The van der Waals surface area contributed by atoms with Crippen LogP contribution in [0.4, 0.5) is 21.9 Å². The average Bonchev–Trinajstić information content (AvgIpc) is 3.36. The number of carbonyl (C=O) groups excluding carboxylic acids is 2. The molecule has 1 aliphatic heterocycles. The molecule has 0 saturated carbocycles. The Labute approximate surface area is 242 Å². The van der Waals surface area contributed by atoms with E-state index in [0.717, 1.165) is 0 Å². The van der Waals surface area contributed by atoms with Crippen LogP contribution in [0.1, 0.15) is 31.4 Å². The van der Waals surface area contributed by atoms with Gasteiger partial charge in [0.1, 0.15) is 11.9 Å². The van der Waals surface area contributed by atoms with Crippen LogP contribution in [0.5, 0.6) is 17.2 Å². The Bertz CT molecular complexity index is 1400. The van der Waals surface area contributed by atoms with Gasteiger partial charge in [-0.25, -0.2) is 4.79 Å². The second-order valence-electron chi connectivity index (χ2n) is 8.88. The second-order valence-corrected chi connectivity index (χ2v) is 10.6. The number of ether oxygens (including phenoxy) is 3. The third-order valence-corrected chi connectivity index (χ3v) is 7.07. The smallest absolute Gasteiger partial charge is 0.412 e. The van der Waals surface area contributed by atoms with Crippen molar-refractivity contribution < 1.29 is 28.9 Å². The number of nitrogens with two attached hydrogens (primary N) is 1. The molecule has 0 aromatic heterocycles. The number of phenols is 1. The van der Waals surface area contributed by atoms with Gasteiger partial charge in [0.05, 0.1) is 15.8 Å². The van der Waals surface area contributed by atoms with Crippen molar-refractivity contribution in [2.24, 2.45) is 5.92 Å². The minimum atomic E-state index is -0.792. The van der Waals surface area contributed by atoms with Crippen LogP contribution < -0.4 is 25.8 Å². The zero-order valence-corrected chi connectivity index (χ0v) is 24.1. The quantitative estimate of drug-likeness (QED) is 0.142. The van der Waals surface area contributed by atoms with E-state index >= 15 is 0 Å². The van der Waals surface area contributed by atoms with Crippen molar-refractivity contribution in [2.45, 2.75) is 25.9 Å². The highest BCUT2D eigenvalue weighted by Crippen LogP contribution is 2.41. The first-order valence-corrected chi connectivity index (χ1v) is 13.7. The highest BCUT2D eigenvalue weighted by Gasteiger charge is 2.28. The number of para-hydroxylation sites is 2. The van der Waals surface area contributed by atoms with Crippen molar-refractivity contribution in [1.82, 2.24) is 0 Å². The lowest BCUT2D eigenvalue weighted by atomic mass is 9.92. The summed E-state index contributed by atoms with van der Waals surface area (Å²) in [5.74, 6) is 0.568. The van der Waals surface area contributed by atoms with Crippen LogP contribution in [0.3, 0.4) is 0 Å². The third-order valence-electron chi connectivity index (χ3n) is 6.01. The Hall–Kier alpha value is -3.70. The number of hydrogen-bond acceptors (Lipinski definition) is 7. The lowest BCUT2D eigenvalue weighted by molar-refractivity contribution is -0.111. The number of rotatable bonds is 9. The molecule has 3 aromatic carbocycles. The standard InChI is InChI=1S/C28H27Br2N3O6/c1-16(6-2-5-9-25(34)33-22-8-4-3-7-21(22)31)27(19-12-17(29)13-20(30)26(19)35)39-28(36)32-18-10-11-23-24(14-18)38-15-37-23/h3-5,7-14,16,27,35H,2,6,15,31H2,1H3,(H,32,36)(H,33,34)/b9-5+/t16-,27-/m0/s1. The highest BCUT2D eigenvalue weighted by molar-refractivity contribution is 9.11. The molecule has 1 heterocycles. The van der Waals surface area contributed by atoms with E-state index < -0.39 is 12.2 Å². The molecular formula is C28H27Br2N3O6. The maximum absolute atomic E-state index is 12.9. The van der Waals surface area contributed by atoms with Gasteiger partial charge in [-0.15, -0.1) is 0 Å². The molecular weight excluding hydrogens is 634 g/mol. The van der Waals surface area contributed by atoms with Gasteiger partial charge in [0.2, 0.25) is 12.7 Å². The van der Waals surface area contributed by atoms with E-state index in [1.54, 1.807) is 60.7 Å². The molecule has 0 fully saturated rings. The molecule has 2 amide bonds. The minimum Gasteiger partial charge on any atom is -0.506 e. The van der Waals surface area contributed by atoms with E-state index in [9.17, 15) is 14.7 Å². The predicted molar refractivity (Wildman–Crippen MR) is 156 cm³/mol. The van der Waals surface area contributed by atoms with E-state index in [1.807, 2.05) is 6.92 Å². The lowest BCUT2D eigenvalue weighted by Crippen LogP contribution is -2.22. The monoisotopic (exact) mass is 659 g/mol. The van der Waals surface area contributed by atoms with Crippen LogP contribution >= 0.6 is 31.9 Å². The maximum atomic E-state index is 12.9. The number of hydrogen-bond donors (Lipinski definition) is 4. The van der Waals surface area contributed by atoms with Gasteiger partial charge in [-0.3, -0.25) is 10.1 Å². The van der Waals surface area contributed by atoms with Crippen molar-refractivity contribution in [3.63, 3.8) is 0 Å². The summed E-state index contributed by atoms with van der Waals surface area (Å²) in [5.41, 5.74) is 7.80. The Morgan fingerprint density at radius 1 is 1.10 bits per heavy atom. The average molecular weight is 661 g/mol. The number of anilines is 3. The van der Waals surface area contributed by atoms with Crippen LogP contribution in [0.2, 0.25) is 0 Å². The number of allylic oxidation sites excluding steroid dienone is 1.